The van der Waals surface area contributed by atoms with Gasteiger partial charge in [0, 0.05) is 28.4 Å². The molecule has 0 aliphatic carbocycles. The average Bonchev–Trinajstić information content (AvgIpc) is 3.67. The van der Waals surface area contributed by atoms with Crippen molar-refractivity contribution in [3.63, 3.8) is 0 Å². The molecule has 5 heterocycles. The lowest BCUT2D eigenvalue weighted by molar-refractivity contribution is -0.0494. The number of benzene rings is 3. The second kappa shape index (κ2) is 11.5. The highest BCUT2D eigenvalue weighted by Crippen LogP contribution is 2.50. The molecule has 4 atom stereocenters. The van der Waals surface area contributed by atoms with Crippen molar-refractivity contribution in [3.8, 4) is 5.75 Å². The van der Waals surface area contributed by atoms with E-state index in [0.29, 0.717) is 45.0 Å². The second-order valence-corrected chi connectivity index (χ2v) is 15.7. The van der Waals surface area contributed by atoms with Gasteiger partial charge in [-0.15, -0.1) is 0 Å². The molecule has 3 unspecified atom stereocenters. The summed E-state index contributed by atoms with van der Waals surface area (Å²) in [6, 6.07) is 15.9. The normalized spacial score (nSPS) is 25.4. The van der Waals surface area contributed by atoms with Crippen LogP contribution in [0.3, 0.4) is 0 Å². The lowest BCUT2D eigenvalue weighted by Gasteiger charge is -2.34. The summed E-state index contributed by atoms with van der Waals surface area (Å²) in [5, 5.41) is 10.5. The first-order valence-electron chi connectivity index (χ1n) is 15.5. The van der Waals surface area contributed by atoms with Crippen molar-refractivity contribution in [2.24, 2.45) is 0 Å². The molecule has 3 saturated heterocycles. The van der Waals surface area contributed by atoms with Gasteiger partial charge in [0.2, 0.25) is 0 Å². The summed E-state index contributed by atoms with van der Waals surface area (Å²) in [5.74, 6) is 0.654. The van der Waals surface area contributed by atoms with E-state index in [9.17, 15) is 14.3 Å². The molecule has 0 saturated carbocycles. The Labute approximate surface area is 272 Å². The zero-order chi connectivity index (χ0) is 30.8. The Hall–Kier alpha value is -3.21. The molecule has 3 fully saturated rings. The standard InChI is InChI=1S/C34H32Cl2FN3O4Si/c35-20-5-6-23(25(37)15-20)29-16-24(36)22-3-1-2-21(31(22)44-29)18-8-11-39(12-9-18)17-30-38-26-7-4-19(34(41)42)14-27(26)40(30)33-32(45-33)28-10-13-43-28/h1-7,14-16,18,28-29,32-33H,8-13,17,45H2,(H,41,42)/t28?,29-,32?,33?/m0/s1. The molecule has 4 aromatic rings. The van der Waals surface area contributed by atoms with Gasteiger partial charge in [-0.3, -0.25) is 4.90 Å². The van der Waals surface area contributed by atoms with Gasteiger partial charge in [0.15, 0.2) is 0 Å². The first-order chi connectivity index (χ1) is 21.8. The van der Waals surface area contributed by atoms with E-state index in [1.807, 2.05) is 18.2 Å². The summed E-state index contributed by atoms with van der Waals surface area (Å²) < 4.78 is 29.5. The predicted molar refractivity (Wildman–Crippen MR) is 175 cm³/mol. The largest absolute Gasteiger partial charge is 0.480 e. The summed E-state index contributed by atoms with van der Waals surface area (Å²) in [6.45, 7) is 3.32. The number of fused-ring (bicyclic) bond motifs is 2. The number of para-hydroxylation sites is 1. The number of imidazole rings is 1. The van der Waals surface area contributed by atoms with E-state index in [1.54, 1.807) is 30.3 Å². The van der Waals surface area contributed by atoms with Crippen molar-refractivity contribution < 1.29 is 23.8 Å². The number of aromatic carboxylic acids is 1. The average molecular weight is 665 g/mol. The van der Waals surface area contributed by atoms with Crippen LogP contribution in [0.25, 0.3) is 16.1 Å². The number of ether oxygens (including phenoxy) is 2. The number of carboxylic acids is 1. The molecule has 4 aliphatic heterocycles. The minimum Gasteiger partial charge on any atom is -0.480 e. The summed E-state index contributed by atoms with van der Waals surface area (Å²) in [7, 11) is -0.372. The van der Waals surface area contributed by atoms with Crippen LogP contribution in [0.1, 0.15) is 69.8 Å². The van der Waals surface area contributed by atoms with E-state index in [0.717, 1.165) is 72.7 Å². The predicted octanol–water partition coefficient (Wildman–Crippen LogP) is 6.88. The molecule has 7 nitrogen and oxygen atoms in total. The Morgan fingerprint density at radius 3 is 2.62 bits per heavy atom. The fourth-order valence-electron chi connectivity index (χ4n) is 7.31. The fraction of sp³-hybridized carbons (Fsp3) is 0.353. The third kappa shape index (κ3) is 5.38. The molecule has 45 heavy (non-hydrogen) atoms. The lowest BCUT2D eigenvalue weighted by atomic mass is 9.87. The van der Waals surface area contributed by atoms with Crippen molar-refractivity contribution in [3.05, 3.63) is 99.6 Å². The third-order valence-electron chi connectivity index (χ3n) is 9.86. The number of nitrogens with zero attached hydrogens (tertiary/aromatic N) is 3. The van der Waals surface area contributed by atoms with E-state index in [2.05, 4.69) is 15.5 Å². The molecule has 0 amide bonds. The van der Waals surface area contributed by atoms with Crippen LogP contribution in [0.5, 0.6) is 5.75 Å². The Kier molecular flexibility index (Phi) is 7.49. The van der Waals surface area contributed by atoms with Crippen LogP contribution in [0.2, 0.25) is 10.6 Å². The van der Waals surface area contributed by atoms with E-state index < -0.39 is 17.9 Å². The first kappa shape index (κ1) is 29.2. The number of rotatable bonds is 7. The molecule has 4 aliphatic rings. The highest BCUT2D eigenvalue weighted by atomic mass is 35.5. The van der Waals surface area contributed by atoms with Crippen LogP contribution in [-0.2, 0) is 11.3 Å². The molecule has 1 N–H and O–H groups in total. The number of hydrogen-bond donors (Lipinski definition) is 1. The zero-order valence-electron chi connectivity index (χ0n) is 24.5. The molecule has 232 valence electrons. The minimum absolute atomic E-state index is 0.266. The molecular formula is C34H32Cl2FN3O4Si. The number of likely N-dealkylation sites (tertiary alicyclic amines) is 1. The van der Waals surface area contributed by atoms with Gasteiger partial charge in [0.25, 0.3) is 0 Å². The van der Waals surface area contributed by atoms with Crippen LogP contribution in [0.15, 0.2) is 60.7 Å². The van der Waals surface area contributed by atoms with Crippen molar-refractivity contribution in [2.75, 3.05) is 19.7 Å². The molecule has 0 radical (unpaired) electrons. The maximum absolute atomic E-state index is 14.8. The van der Waals surface area contributed by atoms with Crippen LogP contribution >= 0.6 is 23.2 Å². The van der Waals surface area contributed by atoms with Crippen molar-refractivity contribution in [2.45, 2.75) is 55.1 Å². The molecule has 3 aromatic carbocycles. The molecule has 0 spiro atoms. The van der Waals surface area contributed by atoms with Crippen LogP contribution in [0.4, 0.5) is 4.39 Å². The van der Waals surface area contributed by atoms with Gasteiger partial charge in [-0.05, 0) is 91.8 Å². The van der Waals surface area contributed by atoms with Crippen molar-refractivity contribution >= 4 is 54.8 Å². The Morgan fingerprint density at radius 2 is 1.89 bits per heavy atom. The highest BCUT2D eigenvalue weighted by molar-refractivity contribution is 6.53. The maximum Gasteiger partial charge on any atom is 0.335 e. The second-order valence-electron chi connectivity index (χ2n) is 12.6. The fourth-order valence-corrected chi connectivity index (χ4v) is 9.94. The van der Waals surface area contributed by atoms with Gasteiger partial charge in [-0.2, -0.15) is 0 Å². The van der Waals surface area contributed by atoms with E-state index in [4.69, 9.17) is 37.7 Å². The molecular weight excluding hydrogens is 632 g/mol. The number of hydrogen-bond acceptors (Lipinski definition) is 5. The Bertz CT molecular complexity index is 1850. The van der Waals surface area contributed by atoms with E-state index in [-0.39, 0.29) is 15.4 Å². The molecule has 1 aromatic heterocycles. The lowest BCUT2D eigenvalue weighted by Crippen LogP contribution is -2.33. The Morgan fingerprint density at radius 1 is 1.07 bits per heavy atom. The number of piperidine rings is 1. The molecule has 0 bridgehead atoms. The van der Waals surface area contributed by atoms with Crippen molar-refractivity contribution in [1.82, 2.24) is 14.5 Å². The van der Waals surface area contributed by atoms with E-state index in [1.165, 1.54) is 6.07 Å². The van der Waals surface area contributed by atoms with Crippen molar-refractivity contribution in [1.29, 1.82) is 0 Å². The molecule has 8 rings (SSSR count). The molecule has 11 heteroatoms. The van der Waals surface area contributed by atoms with E-state index >= 15 is 0 Å². The van der Waals surface area contributed by atoms with Crippen LogP contribution in [0, 0.1) is 5.82 Å². The monoisotopic (exact) mass is 663 g/mol. The van der Waals surface area contributed by atoms with Gasteiger partial charge < -0.3 is 19.1 Å². The van der Waals surface area contributed by atoms with Gasteiger partial charge >= 0.3 is 5.97 Å². The van der Waals surface area contributed by atoms with Gasteiger partial charge in [-0.1, -0.05) is 41.4 Å². The minimum atomic E-state index is -0.923. The van der Waals surface area contributed by atoms with Crippen LogP contribution < -0.4 is 4.74 Å². The highest BCUT2D eigenvalue weighted by Gasteiger charge is 2.49. The number of halogens is 3. The Balaban J connectivity index is 1.02. The van der Waals surface area contributed by atoms with Gasteiger partial charge in [0.1, 0.15) is 23.5 Å². The number of carboxylic acid groups (broad SMARTS) is 1. The quantitative estimate of drug-likeness (QED) is 0.217. The summed E-state index contributed by atoms with van der Waals surface area (Å²) in [6.07, 6.45) is 4.44. The smallest absolute Gasteiger partial charge is 0.335 e. The SMILES string of the molecule is O=C(O)c1ccc2nc(CN3CCC(c4cccc5c4O[C@H](c4ccc(Cl)cc4F)C=C5Cl)CC3)n(C3[SiH2]C3C3CCO3)c2c1. The number of aromatic nitrogens is 2. The van der Waals surface area contributed by atoms with Gasteiger partial charge in [0.05, 0.1) is 43.8 Å². The maximum atomic E-state index is 14.8. The summed E-state index contributed by atoms with van der Waals surface area (Å²) in [4.78, 5) is 19.2. The first-order valence-corrected chi connectivity index (χ1v) is 17.9. The zero-order valence-corrected chi connectivity index (χ0v) is 27.4. The van der Waals surface area contributed by atoms with Crippen LogP contribution in [-0.4, -0.2) is 60.8 Å². The number of carbonyl (C=O) groups is 1. The summed E-state index contributed by atoms with van der Waals surface area (Å²) >= 11 is 12.7. The van der Waals surface area contributed by atoms with Gasteiger partial charge in [-0.25, -0.2) is 14.2 Å². The third-order valence-corrected chi connectivity index (χ3v) is 12.8. The summed E-state index contributed by atoms with van der Waals surface area (Å²) in [5.41, 5.74) is 5.39. The topological polar surface area (TPSA) is 76.8 Å².